The number of carbonyl (C=O) groups excluding carboxylic acids is 1. The molecule has 2 rings (SSSR count). The molecular weight excluding hydrogens is 218 g/mol. The highest BCUT2D eigenvalue weighted by molar-refractivity contribution is 6.05. The fraction of sp³-hybridized carbons (Fsp3) is 0.250. The zero-order valence-corrected chi connectivity index (χ0v) is 9.57. The highest BCUT2D eigenvalue weighted by Crippen LogP contribution is 2.16. The molecule has 5 nitrogen and oxygen atoms in total. The predicted molar refractivity (Wildman–Crippen MR) is 65.4 cm³/mol. The van der Waals surface area contributed by atoms with E-state index in [0.717, 1.165) is 10.9 Å². The standard InChI is InChI=1S/C12H15N3O2/c1-8(13)7-17-15-12(16)10-3-2-4-11-9(10)5-6-14-11/h2-6,8,14H,7,13H2,1H3,(H,15,16). The van der Waals surface area contributed by atoms with Crippen LogP contribution in [0.4, 0.5) is 0 Å². The van der Waals surface area contributed by atoms with Gasteiger partial charge >= 0.3 is 0 Å². The predicted octanol–water partition coefficient (Wildman–Crippen LogP) is 1.18. The minimum absolute atomic E-state index is 0.113. The van der Waals surface area contributed by atoms with E-state index < -0.39 is 0 Å². The van der Waals surface area contributed by atoms with Crippen molar-refractivity contribution < 1.29 is 9.63 Å². The van der Waals surface area contributed by atoms with Gasteiger partial charge in [-0.25, -0.2) is 5.48 Å². The Hall–Kier alpha value is -1.85. The third-order valence-electron chi connectivity index (χ3n) is 2.35. The average Bonchev–Trinajstić information content (AvgIpc) is 2.75. The van der Waals surface area contributed by atoms with Gasteiger partial charge in [0.05, 0.1) is 12.2 Å². The lowest BCUT2D eigenvalue weighted by molar-refractivity contribution is 0.0277. The minimum atomic E-state index is -0.268. The number of benzene rings is 1. The third kappa shape index (κ3) is 2.64. The van der Waals surface area contributed by atoms with Crippen molar-refractivity contribution in [2.75, 3.05) is 6.61 Å². The maximum Gasteiger partial charge on any atom is 0.275 e. The molecule has 1 unspecified atom stereocenters. The number of nitrogens with two attached hydrogens (primary N) is 1. The van der Waals surface area contributed by atoms with Crippen molar-refractivity contribution in [2.45, 2.75) is 13.0 Å². The van der Waals surface area contributed by atoms with Crippen LogP contribution in [0.2, 0.25) is 0 Å². The number of hydroxylamine groups is 1. The summed E-state index contributed by atoms with van der Waals surface area (Å²) in [6.45, 7) is 2.09. The SMILES string of the molecule is CC(N)CONC(=O)c1cccc2[nH]ccc12. The van der Waals surface area contributed by atoms with Crippen LogP contribution in [0.25, 0.3) is 10.9 Å². The first-order valence-corrected chi connectivity index (χ1v) is 5.42. The van der Waals surface area contributed by atoms with Crippen LogP contribution in [0.15, 0.2) is 30.5 Å². The van der Waals surface area contributed by atoms with E-state index in [9.17, 15) is 4.79 Å². The molecule has 0 aliphatic heterocycles. The Morgan fingerprint density at radius 2 is 2.35 bits per heavy atom. The number of carbonyl (C=O) groups is 1. The zero-order chi connectivity index (χ0) is 12.3. The van der Waals surface area contributed by atoms with Gasteiger partial charge < -0.3 is 10.7 Å². The monoisotopic (exact) mass is 233 g/mol. The molecule has 1 aromatic carbocycles. The van der Waals surface area contributed by atoms with Crippen LogP contribution in [-0.4, -0.2) is 23.5 Å². The summed E-state index contributed by atoms with van der Waals surface area (Å²) in [7, 11) is 0. The van der Waals surface area contributed by atoms with Crippen molar-refractivity contribution in [3.63, 3.8) is 0 Å². The summed E-state index contributed by atoms with van der Waals surface area (Å²) in [5.74, 6) is -0.268. The van der Waals surface area contributed by atoms with E-state index >= 15 is 0 Å². The van der Waals surface area contributed by atoms with E-state index in [2.05, 4.69) is 10.5 Å². The molecule has 0 saturated heterocycles. The maximum absolute atomic E-state index is 11.8. The number of H-pyrrole nitrogens is 1. The summed E-state index contributed by atoms with van der Waals surface area (Å²) < 4.78 is 0. The molecule has 0 saturated carbocycles. The van der Waals surface area contributed by atoms with Crippen molar-refractivity contribution in [1.29, 1.82) is 0 Å². The maximum atomic E-state index is 11.8. The quantitative estimate of drug-likeness (QED) is 0.693. The number of amides is 1. The van der Waals surface area contributed by atoms with Gasteiger partial charge in [0.15, 0.2) is 0 Å². The van der Waals surface area contributed by atoms with Crippen LogP contribution < -0.4 is 11.2 Å². The molecule has 1 heterocycles. The molecule has 5 heteroatoms. The average molecular weight is 233 g/mol. The Balaban J connectivity index is 2.11. The summed E-state index contributed by atoms with van der Waals surface area (Å²) in [5, 5.41) is 0.870. The first-order chi connectivity index (χ1) is 8.18. The smallest absolute Gasteiger partial charge is 0.275 e. The van der Waals surface area contributed by atoms with Crippen molar-refractivity contribution >= 4 is 16.8 Å². The molecule has 4 N–H and O–H groups in total. The topological polar surface area (TPSA) is 80.1 Å². The van der Waals surface area contributed by atoms with E-state index in [4.69, 9.17) is 10.6 Å². The molecule has 2 aromatic rings. The largest absolute Gasteiger partial charge is 0.361 e. The summed E-state index contributed by atoms with van der Waals surface area (Å²) >= 11 is 0. The Kier molecular flexibility index (Phi) is 3.41. The molecule has 1 aromatic heterocycles. The van der Waals surface area contributed by atoms with Crippen molar-refractivity contribution in [1.82, 2.24) is 10.5 Å². The van der Waals surface area contributed by atoms with Gasteiger partial charge in [-0.2, -0.15) is 0 Å². The molecule has 1 amide bonds. The number of aromatic amines is 1. The number of hydrogen-bond donors (Lipinski definition) is 3. The molecule has 90 valence electrons. The van der Waals surface area contributed by atoms with Crippen LogP contribution >= 0.6 is 0 Å². The van der Waals surface area contributed by atoms with Crippen LogP contribution in [0, 0.1) is 0 Å². The first kappa shape index (κ1) is 11.6. The Morgan fingerprint density at radius 1 is 1.53 bits per heavy atom. The van der Waals surface area contributed by atoms with E-state index in [1.165, 1.54) is 0 Å². The Bertz CT molecular complexity index is 519. The molecule has 0 spiro atoms. The summed E-state index contributed by atoms with van der Waals surface area (Å²) in [4.78, 5) is 19.9. The van der Waals surface area contributed by atoms with Crippen molar-refractivity contribution in [2.24, 2.45) is 5.73 Å². The molecule has 17 heavy (non-hydrogen) atoms. The van der Waals surface area contributed by atoms with Gasteiger partial charge in [0, 0.05) is 23.1 Å². The Labute approximate surface area is 98.9 Å². The second kappa shape index (κ2) is 4.99. The van der Waals surface area contributed by atoms with Crippen LogP contribution in [-0.2, 0) is 4.84 Å². The second-order valence-corrected chi connectivity index (χ2v) is 3.96. The van der Waals surface area contributed by atoms with E-state index in [1.54, 1.807) is 19.2 Å². The van der Waals surface area contributed by atoms with Crippen molar-refractivity contribution in [3.05, 3.63) is 36.0 Å². The van der Waals surface area contributed by atoms with Gasteiger partial charge in [-0.15, -0.1) is 0 Å². The molecule has 1 atom stereocenters. The third-order valence-corrected chi connectivity index (χ3v) is 2.35. The number of fused-ring (bicyclic) bond motifs is 1. The van der Waals surface area contributed by atoms with E-state index in [0.29, 0.717) is 5.56 Å². The van der Waals surface area contributed by atoms with Crippen LogP contribution in [0.1, 0.15) is 17.3 Å². The molecule has 0 radical (unpaired) electrons. The first-order valence-electron chi connectivity index (χ1n) is 5.42. The number of aromatic nitrogens is 1. The van der Waals surface area contributed by atoms with Gasteiger partial charge in [-0.1, -0.05) is 6.07 Å². The fourth-order valence-corrected chi connectivity index (χ4v) is 1.58. The van der Waals surface area contributed by atoms with Gasteiger partial charge in [0.1, 0.15) is 0 Å². The highest BCUT2D eigenvalue weighted by Gasteiger charge is 2.10. The molecular formula is C12H15N3O2. The fourth-order valence-electron chi connectivity index (χ4n) is 1.58. The summed E-state index contributed by atoms with van der Waals surface area (Å²) in [6.07, 6.45) is 1.80. The van der Waals surface area contributed by atoms with Gasteiger partial charge in [0.25, 0.3) is 5.91 Å². The van der Waals surface area contributed by atoms with Gasteiger partial charge in [-0.3, -0.25) is 9.63 Å². The normalized spacial score (nSPS) is 12.6. The summed E-state index contributed by atoms with van der Waals surface area (Å²) in [6, 6.07) is 7.23. The van der Waals surface area contributed by atoms with Crippen LogP contribution in [0.5, 0.6) is 0 Å². The highest BCUT2D eigenvalue weighted by atomic mass is 16.7. The Morgan fingerprint density at radius 3 is 3.12 bits per heavy atom. The molecule has 0 aliphatic carbocycles. The molecule has 0 aliphatic rings. The van der Waals surface area contributed by atoms with Crippen LogP contribution in [0.3, 0.4) is 0 Å². The second-order valence-electron chi connectivity index (χ2n) is 3.96. The summed E-state index contributed by atoms with van der Waals surface area (Å²) in [5.41, 5.74) is 9.39. The van der Waals surface area contributed by atoms with Crippen molar-refractivity contribution in [3.8, 4) is 0 Å². The van der Waals surface area contributed by atoms with Gasteiger partial charge in [-0.05, 0) is 25.1 Å². The van der Waals surface area contributed by atoms with Gasteiger partial charge in [0.2, 0.25) is 0 Å². The lowest BCUT2D eigenvalue weighted by atomic mass is 10.1. The number of hydrogen-bond acceptors (Lipinski definition) is 3. The zero-order valence-electron chi connectivity index (χ0n) is 9.57. The van der Waals surface area contributed by atoms with E-state index in [-0.39, 0.29) is 18.6 Å². The minimum Gasteiger partial charge on any atom is -0.361 e. The number of rotatable bonds is 4. The number of nitrogens with one attached hydrogen (secondary N) is 2. The lowest BCUT2D eigenvalue weighted by Gasteiger charge is -2.08. The molecule has 0 fully saturated rings. The molecule has 0 bridgehead atoms. The van der Waals surface area contributed by atoms with E-state index in [1.807, 2.05) is 18.2 Å². The lowest BCUT2D eigenvalue weighted by Crippen LogP contribution is -2.30.